The van der Waals surface area contributed by atoms with Crippen molar-refractivity contribution in [2.75, 3.05) is 6.26 Å². The van der Waals surface area contributed by atoms with E-state index in [1.54, 1.807) is 0 Å². The standard InChI is InChI=1S/C7H6FNO3S/c1-13(11,12)5-2-3-6(8)7(4-5)9-10/h2-4H,1H3. The molecule has 0 heterocycles. The lowest BCUT2D eigenvalue weighted by Crippen LogP contribution is -1.96. The van der Waals surface area contributed by atoms with Gasteiger partial charge in [-0.2, -0.15) is 0 Å². The molecule has 1 rings (SSSR count). The predicted octanol–water partition coefficient (Wildman–Crippen LogP) is 1.63. The van der Waals surface area contributed by atoms with E-state index in [1.807, 2.05) is 0 Å². The van der Waals surface area contributed by atoms with Gasteiger partial charge in [0.15, 0.2) is 15.7 Å². The molecule has 0 fully saturated rings. The summed E-state index contributed by atoms with van der Waals surface area (Å²) < 4.78 is 34.6. The van der Waals surface area contributed by atoms with Gasteiger partial charge in [0.2, 0.25) is 0 Å². The molecule has 0 saturated heterocycles. The minimum atomic E-state index is -3.42. The van der Waals surface area contributed by atoms with Gasteiger partial charge in [0.1, 0.15) is 5.69 Å². The van der Waals surface area contributed by atoms with Crippen LogP contribution in [0.25, 0.3) is 0 Å². The van der Waals surface area contributed by atoms with Crippen LogP contribution in [0.5, 0.6) is 0 Å². The topological polar surface area (TPSA) is 63.6 Å². The summed E-state index contributed by atoms with van der Waals surface area (Å²) in [5.41, 5.74) is -0.497. The first kappa shape index (κ1) is 9.79. The highest BCUT2D eigenvalue weighted by molar-refractivity contribution is 7.90. The Morgan fingerprint density at radius 1 is 1.38 bits per heavy atom. The fourth-order valence-corrected chi connectivity index (χ4v) is 1.43. The van der Waals surface area contributed by atoms with Gasteiger partial charge >= 0.3 is 0 Å². The van der Waals surface area contributed by atoms with Crippen LogP contribution >= 0.6 is 0 Å². The van der Waals surface area contributed by atoms with Gasteiger partial charge in [-0.15, -0.1) is 4.91 Å². The number of rotatable bonds is 2. The molecule has 0 aliphatic carbocycles. The predicted molar refractivity (Wildman–Crippen MR) is 45.0 cm³/mol. The summed E-state index contributed by atoms with van der Waals surface area (Å²) in [7, 11) is -3.42. The molecule has 0 bridgehead atoms. The molecule has 0 spiro atoms. The molecular formula is C7H6FNO3S. The van der Waals surface area contributed by atoms with Crippen molar-refractivity contribution in [1.82, 2.24) is 0 Å². The molecule has 4 nitrogen and oxygen atoms in total. The van der Waals surface area contributed by atoms with Crippen molar-refractivity contribution in [3.05, 3.63) is 28.9 Å². The Labute approximate surface area is 74.3 Å². The van der Waals surface area contributed by atoms with Gasteiger partial charge in [-0.05, 0) is 23.4 Å². The molecular weight excluding hydrogens is 197 g/mol. The van der Waals surface area contributed by atoms with Crippen LogP contribution in [0, 0.1) is 10.7 Å². The first-order valence-corrected chi connectivity index (χ1v) is 5.17. The smallest absolute Gasteiger partial charge is 0.175 e. The Morgan fingerprint density at radius 2 is 2.00 bits per heavy atom. The molecule has 0 amide bonds. The number of halogens is 1. The summed E-state index contributed by atoms with van der Waals surface area (Å²) in [4.78, 5) is 9.90. The van der Waals surface area contributed by atoms with Gasteiger partial charge in [0, 0.05) is 6.26 Å². The zero-order valence-corrected chi connectivity index (χ0v) is 7.51. The summed E-state index contributed by atoms with van der Waals surface area (Å²) in [6.45, 7) is 0. The average Bonchev–Trinajstić information content (AvgIpc) is 2.03. The molecule has 0 atom stereocenters. The minimum absolute atomic E-state index is 0.122. The van der Waals surface area contributed by atoms with Crippen molar-refractivity contribution in [3.63, 3.8) is 0 Å². The number of sulfone groups is 1. The maximum absolute atomic E-state index is 12.7. The van der Waals surface area contributed by atoms with Gasteiger partial charge in [-0.3, -0.25) is 0 Å². The molecule has 0 aliphatic heterocycles. The molecule has 6 heteroatoms. The van der Waals surface area contributed by atoms with Gasteiger partial charge < -0.3 is 0 Å². The molecule has 0 unspecified atom stereocenters. The average molecular weight is 203 g/mol. The Hall–Kier alpha value is -1.30. The maximum atomic E-state index is 12.7. The SMILES string of the molecule is CS(=O)(=O)c1ccc(F)c(N=O)c1. The third-order valence-corrected chi connectivity index (χ3v) is 2.55. The van der Waals surface area contributed by atoms with E-state index in [4.69, 9.17) is 0 Å². The van der Waals surface area contributed by atoms with Crippen LogP contribution in [0.15, 0.2) is 28.3 Å². The largest absolute Gasteiger partial charge is 0.224 e. The van der Waals surface area contributed by atoms with Crippen LogP contribution in [0.1, 0.15) is 0 Å². The number of hydrogen-bond acceptors (Lipinski definition) is 4. The highest BCUT2D eigenvalue weighted by Crippen LogP contribution is 2.21. The van der Waals surface area contributed by atoms with Crippen molar-refractivity contribution in [2.45, 2.75) is 4.90 Å². The van der Waals surface area contributed by atoms with Crippen LogP contribution in [0.3, 0.4) is 0 Å². The summed E-state index contributed by atoms with van der Waals surface area (Å²) in [5.74, 6) is -0.831. The number of nitroso groups, excluding NO2 is 1. The van der Waals surface area contributed by atoms with Crippen LogP contribution in [0.2, 0.25) is 0 Å². The maximum Gasteiger partial charge on any atom is 0.175 e. The van der Waals surface area contributed by atoms with Crippen LogP contribution in [-0.2, 0) is 9.84 Å². The summed E-state index contributed by atoms with van der Waals surface area (Å²) in [5, 5.41) is 2.35. The third kappa shape index (κ3) is 2.09. The second kappa shape index (κ2) is 3.21. The molecule has 0 saturated carbocycles. The van der Waals surface area contributed by atoms with Crippen LogP contribution in [0.4, 0.5) is 10.1 Å². The van der Waals surface area contributed by atoms with Crippen molar-refractivity contribution in [3.8, 4) is 0 Å². The Kier molecular flexibility index (Phi) is 2.42. The van der Waals surface area contributed by atoms with E-state index in [0.717, 1.165) is 24.5 Å². The van der Waals surface area contributed by atoms with Crippen LogP contribution in [-0.4, -0.2) is 14.7 Å². The lowest BCUT2D eigenvalue weighted by atomic mass is 10.3. The monoisotopic (exact) mass is 203 g/mol. The van der Waals surface area contributed by atoms with Crippen molar-refractivity contribution >= 4 is 15.5 Å². The lowest BCUT2D eigenvalue weighted by Gasteiger charge is -1.98. The fourth-order valence-electron chi connectivity index (χ4n) is 0.793. The van der Waals surface area contributed by atoms with Crippen molar-refractivity contribution < 1.29 is 12.8 Å². The van der Waals surface area contributed by atoms with E-state index in [1.165, 1.54) is 0 Å². The first-order valence-electron chi connectivity index (χ1n) is 3.28. The normalized spacial score (nSPS) is 11.2. The molecule has 0 aromatic heterocycles. The first-order chi connectivity index (χ1) is 5.95. The van der Waals surface area contributed by atoms with Gasteiger partial charge in [-0.1, -0.05) is 0 Å². The van der Waals surface area contributed by atoms with E-state index >= 15 is 0 Å². The highest BCUT2D eigenvalue weighted by atomic mass is 32.2. The number of nitrogens with zero attached hydrogens (tertiary/aromatic N) is 1. The van der Waals surface area contributed by atoms with E-state index < -0.39 is 21.3 Å². The van der Waals surface area contributed by atoms with E-state index in [9.17, 15) is 17.7 Å². The zero-order chi connectivity index (χ0) is 10.1. The van der Waals surface area contributed by atoms with Gasteiger partial charge in [-0.25, -0.2) is 12.8 Å². The number of benzene rings is 1. The summed E-state index contributed by atoms with van der Waals surface area (Å²) in [6, 6.07) is 2.88. The van der Waals surface area contributed by atoms with E-state index in [0.29, 0.717) is 0 Å². The van der Waals surface area contributed by atoms with Crippen molar-refractivity contribution in [1.29, 1.82) is 0 Å². The summed E-state index contributed by atoms with van der Waals surface area (Å²) >= 11 is 0. The van der Waals surface area contributed by atoms with Gasteiger partial charge in [0.25, 0.3) is 0 Å². The molecule has 13 heavy (non-hydrogen) atoms. The minimum Gasteiger partial charge on any atom is -0.224 e. The Bertz CT molecular complexity index is 441. The lowest BCUT2D eigenvalue weighted by molar-refractivity contribution is 0.600. The molecule has 70 valence electrons. The molecule has 0 aliphatic rings. The fraction of sp³-hybridized carbons (Fsp3) is 0.143. The number of hydrogen-bond donors (Lipinski definition) is 0. The Balaban J connectivity index is 3.38. The molecule has 1 aromatic carbocycles. The molecule has 0 N–H and O–H groups in total. The van der Waals surface area contributed by atoms with E-state index in [2.05, 4.69) is 5.18 Å². The van der Waals surface area contributed by atoms with E-state index in [-0.39, 0.29) is 4.90 Å². The highest BCUT2D eigenvalue weighted by Gasteiger charge is 2.10. The quantitative estimate of drug-likeness (QED) is 0.542. The Morgan fingerprint density at radius 3 is 2.46 bits per heavy atom. The zero-order valence-electron chi connectivity index (χ0n) is 6.69. The molecule has 1 aromatic rings. The van der Waals surface area contributed by atoms with Crippen molar-refractivity contribution in [2.24, 2.45) is 5.18 Å². The third-order valence-electron chi connectivity index (χ3n) is 1.44. The second-order valence-electron chi connectivity index (χ2n) is 2.48. The molecule has 0 radical (unpaired) electrons. The second-order valence-corrected chi connectivity index (χ2v) is 4.49. The van der Waals surface area contributed by atoms with Crippen LogP contribution < -0.4 is 0 Å². The van der Waals surface area contributed by atoms with Gasteiger partial charge in [0.05, 0.1) is 4.90 Å². The summed E-state index contributed by atoms with van der Waals surface area (Å²) in [6.07, 6.45) is 0.967.